The Balaban J connectivity index is 1.53. The molecule has 0 aliphatic carbocycles. The van der Waals surface area contributed by atoms with Crippen molar-refractivity contribution in [3.63, 3.8) is 0 Å². The molecule has 0 saturated carbocycles. The van der Waals surface area contributed by atoms with Gasteiger partial charge in [0.1, 0.15) is 0 Å². The molecule has 0 bridgehead atoms. The number of nitrogens with one attached hydrogen (secondary N) is 3. The van der Waals surface area contributed by atoms with Crippen LogP contribution >= 0.6 is 0 Å². The molecule has 3 N–H and O–H groups in total. The van der Waals surface area contributed by atoms with Gasteiger partial charge in [-0.25, -0.2) is 4.98 Å². The largest absolute Gasteiger partial charge is 0.351 e. The van der Waals surface area contributed by atoms with Gasteiger partial charge in [0.25, 0.3) is 0 Å². The zero-order valence-corrected chi connectivity index (χ0v) is 13.4. The lowest BCUT2D eigenvalue weighted by atomic mass is 9.78. The Labute approximate surface area is 140 Å². The third kappa shape index (κ3) is 2.57. The lowest BCUT2D eigenvalue weighted by molar-refractivity contribution is -0.126. The molecule has 2 aromatic carbocycles. The molecular formula is C19H20N4O. The smallest absolute Gasteiger partial charge is 0.232 e. The van der Waals surface area contributed by atoms with Crippen LogP contribution in [0.25, 0.3) is 11.0 Å². The maximum atomic E-state index is 13.0. The van der Waals surface area contributed by atoms with E-state index in [0.29, 0.717) is 13.1 Å². The van der Waals surface area contributed by atoms with E-state index in [0.717, 1.165) is 35.1 Å². The third-order valence-corrected chi connectivity index (χ3v) is 4.85. The Bertz CT molecular complexity index is 850. The van der Waals surface area contributed by atoms with E-state index < -0.39 is 5.41 Å². The van der Waals surface area contributed by atoms with E-state index in [1.54, 1.807) is 6.33 Å². The second-order valence-corrected chi connectivity index (χ2v) is 6.31. The Morgan fingerprint density at radius 3 is 2.88 bits per heavy atom. The number of benzene rings is 2. The monoisotopic (exact) mass is 320 g/mol. The number of carbonyl (C=O) groups is 1. The number of fused-ring (bicyclic) bond motifs is 1. The number of rotatable bonds is 4. The van der Waals surface area contributed by atoms with E-state index >= 15 is 0 Å². The van der Waals surface area contributed by atoms with Crippen molar-refractivity contribution in [1.82, 2.24) is 20.6 Å². The quantitative estimate of drug-likeness (QED) is 0.689. The number of hydrogen-bond acceptors (Lipinski definition) is 3. The molecule has 5 nitrogen and oxygen atoms in total. The highest BCUT2D eigenvalue weighted by Gasteiger charge is 2.42. The first-order valence-electron chi connectivity index (χ1n) is 8.24. The molecule has 0 radical (unpaired) electrons. The summed E-state index contributed by atoms with van der Waals surface area (Å²) in [5, 5.41) is 6.46. The minimum Gasteiger partial charge on any atom is -0.351 e. The van der Waals surface area contributed by atoms with Gasteiger partial charge < -0.3 is 15.6 Å². The topological polar surface area (TPSA) is 69.8 Å². The zero-order chi connectivity index (χ0) is 16.4. The molecule has 1 atom stereocenters. The normalized spacial score (nSPS) is 20.3. The lowest BCUT2D eigenvalue weighted by Crippen LogP contribution is -2.45. The number of carbonyl (C=O) groups excluding carboxylic acids is 1. The van der Waals surface area contributed by atoms with Gasteiger partial charge in [0.15, 0.2) is 0 Å². The highest BCUT2D eigenvalue weighted by atomic mass is 16.2. The summed E-state index contributed by atoms with van der Waals surface area (Å²) in [5.74, 6) is 0.0865. The van der Waals surface area contributed by atoms with Crippen molar-refractivity contribution in [2.75, 3.05) is 13.1 Å². The van der Waals surface area contributed by atoms with Gasteiger partial charge >= 0.3 is 0 Å². The van der Waals surface area contributed by atoms with Crippen LogP contribution in [-0.4, -0.2) is 29.0 Å². The average Bonchev–Trinajstić information content (AvgIpc) is 3.30. The molecule has 1 saturated heterocycles. The molecule has 4 rings (SSSR count). The Hall–Kier alpha value is -2.66. The third-order valence-electron chi connectivity index (χ3n) is 4.85. The van der Waals surface area contributed by atoms with Crippen LogP contribution in [0.15, 0.2) is 54.9 Å². The molecule has 122 valence electrons. The van der Waals surface area contributed by atoms with Gasteiger partial charge in [0, 0.05) is 13.1 Å². The number of imidazole rings is 1. The molecular weight excluding hydrogens is 300 g/mol. The van der Waals surface area contributed by atoms with Crippen molar-refractivity contribution in [1.29, 1.82) is 0 Å². The number of H-pyrrole nitrogens is 1. The zero-order valence-electron chi connectivity index (χ0n) is 13.4. The number of nitrogens with zero attached hydrogens (tertiary/aromatic N) is 1. The minimum absolute atomic E-state index is 0.0865. The minimum atomic E-state index is -0.473. The highest BCUT2D eigenvalue weighted by Crippen LogP contribution is 2.31. The summed E-state index contributed by atoms with van der Waals surface area (Å²) in [6.45, 7) is 2.06. The first-order valence-corrected chi connectivity index (χ1v) is 8.24. The van der Waals surface area contributed by atoms with Crippen LogP contribution < -0.4 is 10.6 Å². The number of amides is 1. The molecule has 1 aromatic heterocycles. The van der Waals surface area contributed by atoms with Crippen molar-refractivity contribution >= 4 is 16.9 Å². The van der Waals surface area contributed by atoms with Gasteiger partial charge in [0.05, 0.1) is 22.8 Å². The average molecular weight is 320 g/mol. The maximum Gasteiger partial charge on any atom is 0.232 e. The molecule has 1 amide bonds. The van der Waals surface area contributed by atoms with Crippen LogP contribution in [-0.2, 0) is 16.8 Å². The first-order chi connectivity index (χ1) is 11.8. The van der Waals surface area contributed by atoms with Crippen LogP contribution in [0.5, 0.6) is 0 Å². The fourth-order valence-electron chi connectivity index (χ4n) is 3.46. The van der Waals surface area contributed by atoms with Crippen molar-refractivity contribution in [2.45, 2.75) is 18.4 Å². The standard InChI is InChI=1S/C19H20N4O/c24-18(19(8-9-20-12-19)15-4-2-1-3-5-15)21-11-14-6-7-16-17(10-14)23-13-22-16/h1-7,10,13,20H,8-9,11-12H2,(H,21,24)(H,22,23). The molecule has 1 fully saturated rings. The van der Waals surface area contributed by atoms with Crippen molar-refractivity contribution in [3.05, 3.63) is 66.0 Å². The summed E-state index contributed by atoms with van der Waals surface area (Å²) < 4.78 is 0. The Kier molecular flexibility index (Phi) is 3.78. The van der Waals surface area contributed by atoms with Gasteiger partial charge in [-0.1, -0.05) is 36.4 Å². The molecule has 24 heavy (non-hydrogen) atoms. The van der Waals surface area contributed by atoms with Crippen LogP contribution in [0, 0.1) is 0 Å². The summed E-state index contributed by atoms with van der Waals surface area (Å²) in [5.41, 5.74) is 3.60. The van der Waals surface area contributed by atoms with Crippen LogP contribution in [0.3, 0.4) is 0 Å². The van der Waals surface area contributed by atoms with Gasteiger partial charge in [-0.05, 0) is 36.2 Å². The second kappa shape index (κ2) is 6.09. The molecule has 1 unspecified atom stereocenters. The number of aromatic nitrogens is 2. The molecule has 0 spiro atoms. The Morgan fingerprint density at radius 2 is 2.08 bits per heavy atom. The van der Waals surface area contributed by atoms with E-state index in [2.05, 4.69) is 20.6 Å². The van der Waals surface area contributed by atoms with Gasteiger partial charge in [-0.3, -0.25) is 4.79 Å². The van der Waals surface area contributed by atoms with Gasteiger partial charge in [0.2, 0.25) is 5.91 Å². The highest BCUT2D eigenvalue weighted by molar-refractivity contribution is 5.89. The van der Waals surface area contributed by atoms with Gasteiger partial charge in [-0.15, -0.1) is 0 Å². The molecule has 1 aliphatic rings. The Morgan fingerprint density at radius 1 is 1.21 bits per heavy atom. The first kappa shape index (κ1) is 14.9. The van der Waals surface area contributed by atoms with Crippen molar-refractivity contribution in [3.8, 4) is 0 Å². The summed E-state index contributed by atoms with van der Waals surface area (Å²) in [6.07, 6.45) is 2.50. The van der Waals surface area contributed by atoms with Crippen LogP contribution in [0.1, 0.15) is 17.5 Å². The van der Waals surface area contributed by atoms with E-state index in [-0.39, 0.29) is 5.91 Å². The summed E-state index contributed by atoms with van der Waals surface area (Å²) in [6, 6.07) is 16.1. The molecule has 5 heteroatoms. The second-order valence-electron chi connectivity index (χ2n) is 6.31. The number of hydrogen-bond donors (Lipinski definition) is 3. The summed E-state index contributed by atoms with van der Waals surface area (Å²) in [4.78, 5) is 20.3. The van der Waals surface area contributed by atoms with E-state index in [1.807, 2.05) is 48.5 Å². The predicted molar refractivity (Wildman–Crippen MR) is 93.5 cm³/mol. The lowest BCUT2D eigenvalue weighted by Gasteiger charge is -2.27. The fraction of sp³-hybridized carbons (Fsp3) is 0.263. The predicted octanol–water partition coefficient (Wildman–Crippen LogP) is 2.11. The molecule has 2 heterocycles. The van der Waals surface area contributed by atoms with E-state index in [4.69, 9.17) is 0 Å². The maximum absolute atomic E-state index is 13.0. The van der Waals surface area contributed by atoms with Crippen LogP contribution in [0.2, 0.25) is 0 Å². The fourth-order valence-corrected chi connectivity index (χ4v) is 3.46. The SMILES string of the molecule is O=C(NCc1ccc2nc[nH]c2c1)C1(c2ccccc2)CCNC1. The molecule has 3 aromatic rings. The summed E-state index contributed by atoms with van der Waals surface area (Å²) in [7, 11) is 0. The number of aromatic amines is 1. The van der Waals surface area contributed by atoms with Gasteiger partial charge in [-0.2, -0.15) is 0 Å². The molecule has 1 aliphatic heterocycles. The van der Waals surface area contributed by atoms with Crippen molar-refractivity contribution < 1.29 is 4.79 Å². The van der Waals surface area contributed by atoms with E-state index in [9.17, 15) is 4.79 Å². The van der Waals surface area contributed by atoms with Crippen LogP contribution in [0.4, 0.5) is 0 Å². The van der Waals surface area contributed by atoms with E-state index in [1.165, 1.54) is 0 Å². The summed E-state index contributed by atoms with van der Waals surface area (Å²) >= 11 is 0. The van der Waals surface area contributed by atoms with Crippen molar-refractivity contribution in [2.24, 2.45) is 0 Å².